The van der Waals surface area contributed by atoms with Gasteiger partial charge in [-0.15, -0.1) is 0 Å². The van der Waals surface area contributed by atoms with Gasteiger partial charge in [0.25, 0.3) is 0 Å². The first-order chi connectivity index (χ1) is 15.9. The topological polar surface area (TPSA) is 226 Å². The van der Waals surface area contributed by atoms with Gasteiger partial charge in [-0.1, -0.05) is 20.3 Å². The molecule has 6 atom stereocenters. The minimum Gasteiger partial charge on any atom is -0.480 e. The van der Waals surface area contributed by atoms with Crippen LogP contribution in [0, 0.1) is 5.92 Å². The van der Waals surface area contributed by atoms with Crippen molar-refractivity contribution < 1.29 is 29.4 Å². The normalized spacial score (nSPS) is 19.9. The number of carboxylic acids is 1. The molecular weight excluding hydrogens is 446 g/mol. The third-order valence-corrected chi connectivity index (χ3v) is 6.00. The van der Waals surface area contributed by atoms with Crippen molar-refractivity contribution in [2.24, 2.45) is 28.1 Å². The number of nitrogens with zero attached hydrogens (tertiary/aromatic N) is 2. The number of aliphatic carboxylic acids is 1. The van der Waals surface area contributed by atoms with E-state index in [1.807, 2.05) is 6.92 Å². The Morgan fingerprint density at radius 3 is 2.32 bits per heavy atom. The summed E-state index contributed by atoms with van der Waals surface area (Å²) in [5.74, 6) is -3.33. The molecule has 13 nitrogen and oxygen atoms in total. The van der Waals surface area contributed by atoms with Crippen LogP contribution in [0.3, 0.4) is 0 Å². The Hall–Kier alpha value is -2.93. The van der Waals surface area contributed by atoms with E-state index in [2.05, 4.69) is 15.6 Å². The molecule has 0 saturated carbocycles. The summed E-state index contributed by atoms with van der Waals surface area (Å²) in [5.41, 5.74) is 16.3. The van der Waals surface area contributed by atoms with Crippen LogP contribution in [-0.4, -0.2) is 88.1 Å². The quantitative estimate of drug-likeness (QED) is 0.0854. The van der Waals surface area contributed by atoms with E-state index in [4.69, 9.17) is 17.2 Å². The van der Waals surface area contributed by atoms with Crippen molar-refractivity contribution in [3.63, 3.8) is 0 Å². The first kappa shape index (κ1) is 29.1. The number of amides is 3. The summed E-state index contributed by atoms with van der Waals surface area (Å²) in [4.78, 5) is 55.5. The fraction of sp³-hybridized carbons (Fsp3) is 0.762. The number of carboxylic acid groups (broad SMARTS) is 1. The van der Waals surface area contributed by atoms with Crippen LogP contribution in [0.2, 0.25) is 0 Å². The van der Waals surface area contributed by atoms with Gasteiger partial charge < -0.3 is 42.9 Å². The van der Waals surface area contributed by atoms with Crippen LogP contribution >= 0.6 is 0 Å². The molecule has 0 spiro atoms. The number of carbonyl (C=O) groups excluding carboxylic acids is 3. The van der Waals surface area contributed by atoms with E-state index in [1.165, 1.54) is 11.8 Å². The number of hydrogen-bond donors (Lipinski definition) is 7. The number of rotatable bonds is 13. The fourth-order valence-electron chi connectivity index (χ4n) is 3.68. The molecule has 13 heteroatoms. The monoisotopic (exact) mass is 485 g/mol. The maximum absolute atomic E-state index is 13.2. The number of aliphatic hydroxyl groups is 1. The third-order valence-electron chi connectivity index (χ3n) is 6.00. The zero-order valence-electron chi connectivity index (χ0n) is 20.1. The molecule has 1 heterocycles. The molecular formula is C21H39N7O6. The van der Waals surface area contributed by atoms with Gasteiger partial charge in [-0.25, -0.2) is 4.79 Å². The molecule has 10 N–H and O–H groups in total. The summed E-state index contributed by atoms with van der Waals surface area (Å²) in [7, 11) is 0. The van der Waals surface area contributed by atoms with Crippen LogP contribution in [0.15, 0.2) is 4.99 Å². The maximum atomic E-state index is 13.2. The van der Waals surface area contributed by atoms with Crippen molar-refractivity contribution in [1.82, 2.24) is 15.5 Å². The zero-order valence-corrected chi connectivity index (χ0v) is 20.1. The Balaban J connectivity index is 3.07. The van der Waals surface area contributed by atoms with Gasteiger partial charge in [-0.3, -0.25) is 19.4 Å². The number of guanidine groups is 1. The lowest BCUT2D eigenvalue weighted by molar-refractivity contribution is -0.149. The maximum Gasteiger partial charge on any atom is 0.326 e. The van der Waals surface area contributed by atoms with Gasteiger partial charge in [0.05, 0.1) is 6.10 Å². The largest absolute Gasteiger partial charge is 0.480 e. The highest BCUT2D eigenvalue weighted by Gasteiger charge is 2.38. The second-order valence-corrected chi connectivity index (χ2v) is 8.68. The molecule has 194 valence electrons. The average Bonchev–Trinajstić information content (AvgIpc) is 3.27. The number of carbonyl (C=O) groups is 4. The Labute approximate surface area is 199 Å². The third kappa shape index (κ3) is 8.45. The molecule has 0 aliphatic carbocycles. The van der Waals surface area contributed by atoms with E-state index < -0.39 is 54.0 Å². The van der Waals surface area contributed by atoms with Gasteiger partial charge in [0.15, 0.2) is 5.96 Å². The minimum absolute atomic E-state index is 0.105. The average molecular weight is 486 g/mol. The lowest BCUT2D eigenvalue weighted by Gasteiger charge is -2.30. The number of likely N-dealkylation sites (tertiary alicyclic amines) is 1. The van der Waals surface area contributed by atoms with Crippen molar-refractivity contribution in [2.75, 3.05) is 13.1 Å². The molecule has 1 fully saturated rings. The van der Waals surface area contributed by atoms with Crippen molar-refractivity contribution >= 4 is 29.7 Å². The molecule has 1 aliphatic heterocycles. The standard InChI is InChI=1S/C21H39N7O6/c1-4-11(2)16(27-17(30)15(22)12(3)29)18(31)26-13(7-5-9-25-21(23)24)19(32)28-10-6-8-14(28)20(33)34/h11-16,29H,4-10,22H2,1-3H3,(H,26,31)(H,27,30)(H,33,34)(H4,23,24,25). The molecule has 0 bridgehead atoms. The predicted molar refractivity (Wildman–Crippen MR) is 125 cm³/mol. The predicted octanol–water partition coefficient (Wildman–Crippen LogP) is -2.16. The SMILES string of the molecule is CCC(C)C(NC(=O)C(N)C(C)O)C(=O)NC(CCCN=C(N)N)C(=O)N1CCCC1C(=O)O. The smallest absolute Gasteiger partial charge is 0.326 e. The molecule has 1 rings (SSSR count). The lowest BCUT2D eigenvalue weighted by Crippen LogP contribution is -2.59. The van der Waals surface area contributed by atoms with Crippen LogP contribution < -0.4 is 27.8 Å². The van der Waals surface area contributed by atoms with Crippen LogP contribution in [-0.2, 0) is 19.2 Å². The highest BCUT2D eigenvalue weighted by Crippen LogP contribution is 2.20. The van der Waals surface area contributed by atoms with Crippen LogP contribution in [0.1, 0.15) is 52.9 Å². The summed E-state index contributed by atoms with van der Waals surface area (Å²) in [6, 6.07) is -4.23. The van der Waals surface area contributed by atoms with Crippen molar-refractivity contribution in [3.05, 3.63) is 0 Å². The molecule has 6 unspecified atom stereocenters. The Bertz CT molecular complexity index is 756. The second-order valence-electron chi connectivity index (χ2n) is 8.68. The van der Waals surface area contributed by atoms with Crippen molar-refractivity contribution in [2.45, 2.75) is 83.1 Å². The van der Waals surface area contributed by atoms with E-state index in [9.17, 15) is 29.4 Å². The minimum atomic E-state index is -1.22. The molecule has 34 heavy (non-hydrogen) atoms. The fourth-order valence-corrected chi connectivity index (χ4v) is 3.68. The molecule has 0 aromatic heterocycles. The molecule has 1 aliphatic rings. The number of hydrogen-bond acceptors (Lipinski definition) is 7. The first-order valence-corrected chi connectivity index (χ1v) is 11.5. The van der Waals surface area contributed by atoms with Gasteiger partial charge in [-0.05, 0) is 38.5 Å². The Morgan fingerprint density at radius 1 is 1.15 bits per heavy atom. The molecule has 0 radical (unpaired) electrons. The molecule has 0 aromatic carbocycles. The number of aliphatic imine (C=N–C) groups is 1. The van der Waals surface area contributed by atoms with Crippen LogP contribution in [0.25, 0.3) is 0 Å². The van der Waals surface area contributed by atoms with Crippen LogP contribution in [0.5, 0.6) is 0 Å². The zero-order chi connectivity index (χ0) is 26.0. The summed E-state index contributed by atoms with van der Waals surface area (Å²) in [6.45, 7) is 5.45. The van der Waals surface area contributed by atoms with Gasteiger partial charge in [0.2, 0.25) is 17.7 Å². The van der Waals surface area contributed by atoms with Crippen LogP contribution in [0.4, 0.5) is 0 Å². The molecule has 1 saturated heterocycles. The Morgan fingerprint density at radius 2 is 1.79 bits per heavy atom. The summed E-state index contributed by atoms with van der Waals surface area (Å²) in [6.07, 6.45) is 0.817. The van der Waals surface area contributed by atoms with Gasteiger partial charge >= 0.3 is 5.97 Å². The van der Waals surface area contributed by atoms with Gasteiger partial charge in [0.1, 0.15) is 24.2 Å². The van der Waals surface area contributed by atoms with E-state index in [0.717, 1.165) is 0 Å². The van der Waals surface area contributed by atoms with Gasteiger partial charge in [-0.2, -0.15) is 0 Å². The second kappa shape index (κ2) is 13.7. The summed E-state index contributed by atoms with van der Waals surface area (Å²) >= 11 is 0. The van der Waals surface area contributed by atoms with Gasteiger partial charge in [0, 0.05) is 13.1 Å². The van der Waals surface area contributed by atoms with E-state index in [0.29, 0.717) is 25.7 Å². The number of nitrogens with two attached hydrogens (primary N) is 3. The van der Waals surface area contributed by atoms with Crippen molar-refractivity contribution in [1.29, 1.82) is 0 Å². The van der Waals surface area contributed by atoms with E-state index in [-0.39, 0.29) is 31.4 Å². The lowest BCUT2D eigenvalue weighted by atomic mass is 9.96. The Kier molecular flexibility index (Phi) is 11.7. The molecule has 3 amide bonds. The number of aliphatic hydroxyl groups excluding tert-OH is 1. The van der Waals surface area contributed by atoms with E-state index >= 15 is 0 Å². The number of nitrogens with one attached hydrogen (secondary N) is 2. The highest BCUT2D eigenvalue weighted by atomic mass is 16.4. The van der Waals surface area contributed by atoms with Crippen molar-refractivity contribution in [3.8, 4) is 0 Å². The summed E-state index contributed by atoms with van der Waals surface area (Å²) < 4.78 is 0. The van der Waals surface area contributed by atoms with E-state index in [1.54, 1.807) is 6.92 Å². The first-order valence-electron chi connectivity index (χ1n) is 11.5. The highest BCUT2D eigenvalue weighted by molar-refractivity contribution is 5.94. The molecule has 0 aromatic rings. The summed E-state index contributed by atoms with van der Waals surface area (Å²) in [5, 5.41) is 24.3.